The largest absolute Gasteiger partial charge is 0.360 e. The molecule has 0 saturated heterocycles. The van der Waals surface area contributed by atoms with Crippen LogP contribution in [0.25, 0.3) is 0 Å². The van der Waals surface area contributed by atoms with Crippen molar-refractivity contribution in [3.63, 3.8) is 0 Å². The van der Waals surface area contributed by atoms with E-state index >= 15 is 0 Å². The number of aromatic nitrogens is 2. The van der Waals surface area contributed by atoms with E-state index in [1.165, 1.54) is 0 Å². The fourth-order valence-corrected chi connectivity index (χ4v) is 1.56. The second-order valence-electron chi connectivity index (χ2n) is 3.62. The zero-order chi connectivity index (χ0) is 13.4. The summed E-state index contributed by atoms with van der Waals surface area (Å²) in [5.74, 6) is 1.09. The van der Waals surface area contributed by atoms with Crippen molar-refractivity contribution in [2.45, 2.75) is 20.3 Å². The molecule has 7 heteroatoms. The van der Waals surface area contributed by atoms with Crippen molar-refractivity contribution in [2.24, 2.45) is 0 Å². The van der Waals surface area contributed by atoms with Gasteiger partial charge in [0, 0.05) is 19.3 Å². The summed E-state index contributed by atoms with van der Waals surface area (Å²) in [5, 5.41) is 8.77. The monoisotopic (exact) mass is 315 g/mol. The van der Waals surface area contributed by atoms with Gasteiger partial charge >= 0.3 is 0 Å². The van der Waals surface area contributed by atoms with E-state index in [0.717, 1.165) is 17.4 Å². The number of nitrogens with zero attached hydrogens (tertiary/aromatic N) is 2. The Morgan fingerprint density at radius 3 is 2.83 bits per heavy atom. The first-order valence-corrected chi connectivity index (χ1v) is 6.73. The highest BCUT2D eigenvalue weighted by Gasteiger charge is 2.06. The molecule has 100 valence electrons. The van der Waals surface area contributed by atoms with E-state index in [0.29, 0.717) is 18.3 Å². The lowest BCUT2D eigenvalue weighted by molar-refractivity contribution is -0.119. The van der Waals surface area contributed by atoms with Crippen molar-refractivity contribution < 1.29 is 4.79 Å². The zero-order valence-corrected chi connectivity index (χ0v) is 12.2. The minimum atomic E-state index is -0.0487. The molecular weight excluding hydrogens is 298 g/mol. The highest BCUT2D eigenvalue weighted by Crippen LogP contribution is 2.19. The fraction of sp³-hybridized carbons (Fsp3) is 0.545. The van der Waals surface area contributed by atoms with Crippen molar-refractivity contribution in [3.05, 3.63) is 10.7 Å². The number of amides is 1. The van der Waals surface area contributed by atoms with Crippen LogP contribution in [0.2, 0.25) is 0 Å². The average molecular weight is 316 g/mol. The summed E-state index contributed by atoms with van der Waals surface area (Å²) < 4.78 is 0.729. The van der Waals surface area contributed by atoms with Gasteiger partial charge in [0.2, 0.25) is 11.9 Å². The van der Waals surface area contributed by atoms with E-state index in [1.54, 1.807) is 6.20 Å². The van der Waals surface area contributed by atoms with E-state index < -0.39 is 0 Å². The highest BCUT2D eigenvalue weighted by atomic mass is 79.9. The van der Waals surface area contributed by atoms with E-state index in [-0.39, 0.29) is 12.5 Å². The molecule has 1 aromatic rings. The van der Waals surface area contributed by atoms with Crippen molar-refractivity contribution >= 4 is 33.6 Å². The third-order valence-electron chi connectivity index (χ3n) is 2.07. The Morgan fingerprint density at radius 2 is 2.17 bits per heavy atom. The summed E-state index contributed by atoms with van der Waals surface area (Å²) in [5.41, 5.74) is 0. The first kappa shape index (κ1) is 14.7. The minimum absolute atomic E-state index is 0.0487. The summed E-state index contributed by atoms with van der Waals surface area (Å²) in [6, 6.07) is 0. The molecule has 0 fully saturated rings. The number of hydrogen-bond donors (Lipinski definition) is 3. The summed E-state index contributed by atoms with van der Waals surface area (Å²) >= 11 is 3.34. The standard InChI is InChI=1S/C11H18BrN5O/c1-3-5-14-9(18)7-15-10-8(12)6-16-11(17-10)13-4-2/h6H,3-5,7H2,1-2H3,(H,14,18)(H2,13,15,16,17). The molecule has 0 saturated carbocycles. The molecule has 18 heavy (non-hydrogen) atoms. The van der Waals surface area contributed by atoms with E-state index in [4.69, 9.17) is 0 Å². The lowest BCUT2D eigenvalue weighted by atomic mass is 10.4. The number of hydrogen-bond acceptors (Lipinski definition) is 5. The third kappa shape index (κ3) is 4.87. The van der Waals surface area contributed by atoms with Gasteiger partial charge in [-0.2, -0.15) is 4.98 Å². The molecule has 0 aliphatic rings. The lowest BCUT2D eigenvalue weighted by Gasteiger charge is -2.09. The van der Waals surface area contributed by atoms with Crippen LogP contribution in [0.3, 0.4) is 0 Å². The molecule has 6 nitrogen and oxygen atoms in total. The van der Waals surface area contributed by atoms with Crippen LogP contribution in [0.4, 0.5) is 11.8 Å². The number of rotatable bonds is 7. The van der Waals surface area contributed by atoms with Crippen LogP contribution in [-0.2, 0) is 4.79 Å². The average Bonchev–Trinajstić information content (AvgIpc) is 2.37. The van der Waals surface area contributed by atoms with Crippen LogP contribution in [0, 0.1) is 0 Å². The molecule has 1 heterocycles. The Labute approximate surface area is 115 Å². The van der Waals surface area contributed by atoms with Crippen molar-refractivity contribution in [3.8, 4) is 0 Å². The Bertz CT molecular complexity index is 399. The quantitative estimate of drug-likeness (QED) is 0.712. The van der Waals surface area contributed by atoms with Gasteiger partial charge in [-0.1, -0.05) is 6.92 Å². The topological polar surface area (TPSA) is 78.9 Å². The highest BCUT2D eigenvalue weighted by molar-refractivity contribution is 9.10. The number of anilines is 2. The Kier molecular flexibility index (Phi) is 6.42. The van der Waals surface area contributed by atoms with Crippen LogP contribution in [0.5, 0.6) is 0 Å². The molecule has 0 aliphatic carbocycles. The van der Waals surface area contributed by atoms with Crippen LogP contribution in [-0.4, -0.2) is 35.5 Å². The Balaban J connectivity index is 2.55. The molecule has 0 bridgehead atoms. The molecule has 0 spiro atoms. The number of halogens is 1. The first-order valence-electron chi connectivity index (χ1n) is 5.94. The second-order valence-corrected chi connectivity index (χ2v) is 4.48. The van der Waals surface area contributed by atoms with Gasteiger partial charge in [0.25, 0.3) is 0 Å². The molecule has 3 N–H and O–H groups in total. The summed E-state index contributed by atoms with van der Waals surface area (Å²) in [7, 11) is 0. The van der Waals surface area contributed by atoms with Crippen LogP contribution < -0.4 is 16.0 Å². The molecule has 0 atom stereocenters. The van der Waals surface area contributed by atoms with Gasteiger partial charge in [-0.25, -0.2) is 4.98 Å². The second kappa shape index (κ2) is 7.86. The van der Waals surface area contributed by atoms with Gasteiger partial charge in [-0.15, -0.1) is 0 Å². The van der Waals surface area contributed by atoms with Gasteiger partial charge < -0.3 is 16.0 Å². The summed E-state index contributed by atoms with van der Waals surface area (Å²) in [4.78, 5) is 19.8. The van der Waals surface area contributed by atoms with E-state index in [2.05, 4.69) is 41.8 Å². The molecular formula is C11H18BrN5O. The summed E-state index contributed by atoms with van der Waals surface area (Å²) in [6.45, 7) is 5.61. The molecule has 1 rings (SSSR count). The molecule has 0 radical (unpaired) electrons. The van der Waals surface area contributed by atoms with Crippen molar-refractivity contribution in [1.29, 1.82) is 0 Å². The smallest absolute Gasteiger partial charge is 0.239 e. The summed E-state index contributed by atoms with van der Waals surface area (Å²) in [6.07, 6.45) is 2.57. The lowest BCUT2D eigenvalue weighted by Crippen LogP contribution is -2.30. The number of nitrogens with one attached hydrogen (secondary N) is 3. The van der Waals surface area contributed by atoms with Crippen LogP contribution in [0.15, 0.2) is 10.7 Å². The molecule has 1 aromatic heterocycles. The SMILES string of the molecule is CCCNC(=O)CNc1nc(NCC)ncc1Br. The van der Waals surface area contributed by atoms with Gasteiger partial charge in [-0.3, -0.25) is 4.79 Å². The Hall–Kier alpha value is -1.37. The predicted molar refractivity (Wildman–Crippen MR) is 75.7 cm³/mol. The van der Waals surface area contributed by atoms with Gasteiger partial charge in [0.15, 0.2) is 0 Å². The van der Waals surface area contributed by atoms with E-state index in [1.807, 2.05) is 13.8 Å². The molecule has 0 aromatic carbocycles. The fourth-order valence-electron chi connectivity index (χ4n) is 1.23. The van der Waals surface area contributed by atoms with Crippen LogP contribution in [0.1, 0.15) is 20.3 Å². The third-order valence-corrected chi connectivity index (χ3v) is 2.65. The molecule has 0 aliphatic heterocycles. The van der Waals surface area contributed by atoms with Gasteiger partial charge in [0.1, 0.15) is 5.82 Å². The number of carbonyl (C=O) groups excluding carboxylic acids is 1. The maximum Gasteiger partial charge on any atom is 0.239 e. The van der Waals surface area contributed by atoms with Gasteiger partial charge in [-0.05, 0) is 29.3 Å². The number of carbonyl (C=O) groups is 1. The van der Waals surface area contributed by atoms with Gasteiger partial charge in [0.05, 0.1) is 11.0 Å². The van der Waals surface area contributed by atoms with Crippen molar-refractivity contribution in [1.82, 2.24) is 15.3 Å². The molecule has 0 unspecified atom stereocenters. The minimum Gasteiger partial charge on any atom is -0.360 e. The predicted octanol–water partition coefficient (Wildman–Crippen LogP) is 1.61. The Morgan fingerprint density at radius 1 is 1.39 bits per heavy atom. The zero-order valence-electron chi connectivity index (χ0n) is 10.6. The normalized spacial score (nSPS) is 9.94. The molecule has 1 amide bonds. The maximum absolute atomic E-state index is 11.4. The first-order chi connectivity index (χ1) is 8.67. The van der Waals surface area contributed by atoms with Crippen molar-refractivity contribution in [2.75, 3.05) is 30.3 Å². The van der Waals surface area contributed by atoms with E-state index in [9.17, 15) is 4.79 Å². The maximum atomic E-state index is 11.4. The van der Waals surface area contributed by atoms with Crippen LogP contribution >= 0.6 is 15.9 Å².